The Hall–Kier alpha value is -1.39. The zero-order chi connectivity index (χ0) is 15.3. The van der Waals surface area contributed by atoms with E-state index in [1.165, 1.54) is 0 Å². The quantitative estimate of drug-likeness (QED) is 0.864. The van der Waals surface area contributed by atoms with Gasteiger partial charge in [0.15, 0.2) is 0 Å². The number of hydrogen-bond acceptors (Lipinski definition) is 3. The van der Waals surface area contributed by atoms with Gasteiger partial charge in [0.1, 0.15) is 0 Å². The van der Waals surface area contributed by atoms with Crippen molar-refractivity contribution in [3.63, 3.8) is 0 Å². The number of likely N-dealkylation sites (N-methyl/N-ethyl adjacent to an activating group) is 2. The SMILES string of the molecule is CC(c1ccccc1)N(C)C(=O)CN(C)CC(C)(C)O. The lowest BCUT2D eigenvalue weighted by molar-refractivity contribution is -0.133. The van der Waals surface area contributed by atoms with Crippen molar-refractivity contribution in [3.8, 4) is 0 Å². The van der Waals surface area contributed by atoms with Crippen LogP contribution in [0.25, 0.3) is 0 Å². The number of amides is 1. The van der Waals surface area contributed by atoms with Crippen LogP contribution in [0.1, 0.15) is 32.4 Å². The summed E-state index contributed by atoms with van der Waals surface area (Å²) in [4.78, 5) is 15.8. The fourth-order valence-electron chi connectivity index (χ4n) is 2.23. The van der Waals surface area contributed by atoms with Gasteiger partial charge in [-0.25, -0.2) is 0 Å². The Morgan fingerprint density at radius 1 is 1.25 bits per heavy atom. The molecule has 1 unspecified atom stereocenters. The molecular formula is C16H26N2O2. The van der Waals surface area contributed by atoms with Crippen LogP contribution in [0.15, 0.2) is 30.3 Å². The summed E-state index contributed by atoms with van der Waals surface area (Å²) < 4.78 is 0. The fourth-order valence-corrected chi connectivity index (χ4v) is 2.23. The summed E-state index contributed by atoms with van der Waals surface area (Å²) in [5, 5.41) is 9.76. The minimum atomic E-state index is -0.793. The van der Waals surface area contributed by atoms with Gasteiger partial charge in [-0.2, -0.15) is 0 Å². The average Bonchev–Trinajstić information content (AvgIpc) is 2.35. The highest BCUT2D eigenvalue weighted by Gasteiger charge is 2.21. The van der Waals surface area contributed by atoms with Gasteiger partial charge < -0.3 is 10.0 Å². The number of carbonyl (C=O) groups excluding carboxylic acids is 1. The van der Waals surface area contributed by atoms with E-state index in [2.05, 4.69) is 0 Å². The molecule has 112 valence electrons. The Morgan fingerprint density at radius 2 is 1.80 bits per heavy atom. The van der Waals surface area contributed by atoms with Crippen molar-refractivity contribution in [2.75, 3.05) is 27.2 Å². The van der Waals surface area contributed by atoms with Crippen LogP contribution in [0, 0.1) is 0 Å². The summed E-state index contributed by atoms with van der Waals surface area (Å²) in [6.45, 7) is 6.27. The predicted octanol–water partition coefficient (Wildman–Crippen LogP) is 1.91. The van der Waals surface area contributed by atoms with Crippen molar-refractivity contribution in [1.82, 2.24) is 9.80 Å². The van der Waals surface area contributed by atoms with Gasteiger partial charge in [0, 0.05) is 13.6 Å². The van der Waals surface area contributed by atoms with Gasteiger partial charge in [0.05, 0.1) is 18.2 Å². The molecule has 0 aromatic heterocycles. The van der Waals surface area contributed by atoms with Crippen molar-refractivity contribution in [3.05, 3.63) is 35.9 Å². The third-order valence-corrected chi connectivity index (χ3v) is 3.32. The van der Waals surface area contributed by atoms with Gasteiger partial charge in [0.2, 0.25) is 5.91 Å². The lowest BCUT2D eigenvalue weighted by atomic mass is 10.1. The van der Waals surface area contributed by atoms with Crippen LogP contribution in [0.5, 0.6) is 0 Å². The molecule has 20 heavy (non-hydrogen) atoms. The number of hydrogen-bond donors (Lipinski definition) is 1. The molecule has 1 aromatic carbocycles. The van der Waals surface area contributed by atoms with E-state index in [0.29, 0.717) is 13.1 Å². The average molecular weight is 278 g/mol. The van der Waals surface area contributed by atoms with Crippen molar-refractivity contribution < 1.29 is 9.90 Å². The van der Waals surface area contributed by atoms with Gasteiger partial charge in [-0.15, -0.1) is 0 Å². The Balaban J connectivity index is 2.59. The number of rotatable bonds is 6. The normalized spacial score (nSPS) is 13.3. The summed E-state index contributed by atoms with van der Waals surface area (Å²) in [6.07, 6.45) is 0. The number of aliphatic hydroxyl groups is 1. The molecule has 0 heterocycles. The molecule has 0 bridgehead atoms. The van der Waals surface area contributed by atoms with Gasteiger partial charge in [-0.05, 0) is 33.4 Å². The highest BCUT2D eigenvalue weighted by atomic mass is 16.3. The first kappa shape index (κ1) is 16.7. The Kier molecular flexibility index (Phi) is 5.72. The van der Waals surface area contributed by atoms with Crippen molar-refractivity contribution in [2.45, 2.75) is 32.4 Å². The molecule has 0 aliphatic carbocycles. The molecule has 0 fully saturated rings. The standard InChI is InChI=1S/C16H26N2O2/c1-13(14-9-7-6-8-10-14)18(5)15(19)11-17(4)12-16(2,3)20/h6-10,13,20H,11-12H2,1-5H3. The minimum Gasteiger partial charge on any atom is -0.389 e. The Labute approximate surface area is 122 Å². The lowest BCUT2D eigenvalue weighted by Crippen LogP contribution is -2.43. The molecule has 0 saturated heterocycles. The van der Waals surface area contributed by atoms with E-state index in [-0.39, 0.29) is 11.9 Å². The summed E-state index contributed by atoms with van der Waals surface area (Å²) in [5.41, 5.74) is 0.326. The number of benzene rings is 1. The molecule has 1 amide bonds. The van der Waals surface area contributed by atoms with E-state index in [1.54, 1.807) is 18.7 Å². The smallest absolute Gasteiger partial charge is 0.236 e. The molecule has 4 nitrogen and oxygen atoms in total. The highest BCUT2D eigenvalue weighted by Crippen LogP contribution is 2.18. The molecule has 1 atom stereocenters. The molecule has 4 heteroatoms. The maximum Gasteiger partial charge on any atom is 0.236 e. The third kappa shape index (κ3) is 5.31. The summed E-state index contributed by atoms with van der Waals surface area (Å²) in [6, 6.07) is 10.0. The first-order valence-electron chi connectivity index (χ1n) is 6.92. The lowest BCUT2D eigenvalue weighted by Gasteiger charge is -2.29. The fraction of sp³-hybridized carbons (Fsp3) is 0.562. The van der Waals surface area contributed by atoms with Crippen LogP contribution in [0.3, 0.4) is 0 Å². The summed E-state index contributed by atoms with van der Waals surface area (Å²) in [7, 11) is 3.66. The van der Waals surface area contributed by atoms with E-state index in [0.717, 1.165) is 5.56 Å². The van der Waals surface area contributed by atoms with Crippen LogP contribution in [0.4, 0.5) is 0 Å². The van der Waals surface area contributed by atoms with Crippen LogP contribution in [-0.4, -0.2) is 53.6 Å². The largest absolute Gasteiger partial charge is 0.389 e. The first-order valence-corrected chi connectivity index (χ1v) is 6.92. The number of carbonyl (C=O) groups is 1. The summed E-state index contributed by atoms with van der Waals surface area (Å²) >= 11 is 0. The minimum absolute atomic E-state index is 0.0410. The summed E-state index contributed by atoms with van der Waals surface area (Å²) in [5.74, 6) is 0.0492. The predicted molar refractivity (Wildman–Crippen MR) is 81.4 cm³/mol. The Bertz CT molecular complexity index is 426. The van der Waals surface area contributed by atoms with Gasteiger partial charge in [0.25, 0.3) is 0 Å². The van der Waals surface area contributed by atoms with Crippen LogP contribution < -0.4 is 0 Å². The molecule has 1 rings (SSSR count). The maximum atomic E-state index is 12.3. The Morgan fingerprint density at radius 3 is 2.30 bits per heavy atom. The second-order valence-corrected chi connectivity index (χ2v) is 6.08. The monoisotopic (exact) mass is 278 g/mol. The van der Waals surface area contributed by atoms with Crippen LogP contribution in [0.2, 0.25) is 0 Å². The molecule has 0 saturated carbocycles. The van der Waals surface area contributed by atoms with Gasteiger partial charge >= 0.3 is 0 Å². The van der Waals surface area contributed by atoms with Crippen LogP contribution >= 0.6 is 0 Å². The van der Waals surface area contributed by atoms with Gasteiger partial charge in [-0.1, -0.05) is 30.3 Å². The van der Waals surface area contributed by atoms with E-state index >= 15 is 0 Å². The molecule has 0 radical (unpaired) electrons. The molecule has 1 N–H and O–H groups in total. The third-order valence-electron chi connectivity index (χ3n) is 3.32. The highest BCUT2D eigenvalue weighted by molar-refractivity contribution is 5.78. The molecular weight excluding hydrogens is 252 g/mol. The second-order valence-electron chi connectivity index (χ2n) is 6.08. The first-order chi connectivity index (χ1) is 9.20. The van der Waals surface area contributed by atoms with E-state index < -0.39 is 5.60 Å². The molecule has 1 aromatic rings. The second kappa shape index (κ2) is 6.86. The van der Waals surface area contributed by atoms with E-state index in [1.807, 2.05) is 56.3 Å². The molecule has 0 aliphatic rings. The van der Waals surface area contributed by atoms with E-state index in [4.69, 9.17) is 0 Å². The zero-order valence-corrected chi connectivity index (χ0v) is 13.1. The van der Waals surface area contributed by atoms with E-state index in [9.17, 15) is 9.90 Å². The zero-order valence-electron chi connectivity index (χ0n) is 13.1. The van der Waals surface area contributed by atoms with Crippen molar-refractivity contribution in [1.29, 1.82) is 0 Å². The molecule has 0 spiro atoms. The van der Waals surface area contributed by atoms with Crippen molar-refractivity contribution >= 4 is 5.91 Å². The number of nitrogens with zero attached hydrogens (tertiary/aromatic N) is 2. The van der Waals surface area contributed by atoms with Gasteiger partial charge in [-0.3, -0.25) is 9.69 Å². The topological polar surface area (TPSA) is 43.8 Å². The maximum absolute atomic E-state index is 12.3. The van der Waals surface area contributed by atoms with Crippen LogP contribution in [-0.2, 0) is 4.79 Å². The van der Waals surface area contributed by atoms with Crippen molar-refractivity contribution in [2.24, 2.45) is 0 Å². The molecule has 0 aliphatic heterocycles.